The summed E-state index contributed by atoms with van der Waals surface area (Å²) < 4.78 is 0. The lowest BCUT2D eigenvalue weighted by atomic mass is 10.1. The smallest absolute Gasteiger partial charge is 0.274 e. The van der Waals surface area contributed by atoms with E-state index in [1.807, 2.05) is 6.92 Å². The second-order valence-electron chi connectivity index (χ2n) is 4.18. The molecule has 20 heavy (non-hydrogen) atoms. The van der Waals surface area contributed by atoms with E-state index in [0.717, 1.165) is 5.56 Å². The Morgan fingerprint density at radius 2 is 2.15 bits per heavy atom. The first-order valence-corrected chi connectivity index (χ1v) is 5.92. The van der Waals surface area contributed by atoms with Crippen molar-refractivity contribution >= 4 is 17.4 Å². The number of hydrogen-bond donors (Lipinski definition) is 3. The molecule has 102 valence electrons. The lowest BCUT2D eigenvalue weighted by Gasteiger charge is -2.09. The first kappa shape index (κ1) is 13.5. The number of nitrogens with one attached hydrogen (secondary N) is 1. The molecule has 1 aromatic carbocycles. The molecule has 2 aromatic rings. The van der Waals surface area contributed by atoms with Crippen LogP contribution in [0.25, 0.3) is 0 Å². The van der Waals surface area contributed by atoms with Gasteiger partial charge in [0.1, 0.15) is 5.69 Å². The minimum absolute atomic E-state index is 0.0154. The molecule has 1 aromatic heterocycles. The van der Waals surface area contributed by atoms with Crippen LogP contribution in [0.3, 0.4) is 0 Å². The Morgan fingerprint density at radius 1 is 1.35 bits per heavy atom. The first-order chi connectivity index (χ1) is 9.61. The Morgan fingerprint density at radius 3 is 2.80 bits per heavy atom. The zero-order valence-corrected chi connectivity index (χ0v) is 10.9. The summed E-state index contributed by atoms with van der Waals surface area (Å²) in [5, 5.41) is 14.4. The Bertz CT molecular complexity index is 653. The number of rotatable bonds is 3. The number of nitrogens with two attached hydrogens (primary N) is 1. The third kappa shape index (κ3) is 2.92. The highest BCUT2D eigenvalue weighted by atomic mass is 16.4. The SMILES string of the molecule is Cc1ccc(C(N)=NO)cc1NC(=O)c1ccccn1. The molecule has 1 heterocycles. The Balaban J connectivity index is 2.27. The molecule has 0 saturated heterocycles. The van der Waals surface area contributed by atoms with Crippen molar-refractivity contribution in [3.05, 3.63) is 59.4 Å². The van der Waals surface area contributed by atoms with Gasteiger partial charge in [0.05, 0.1) is 0 Å². The quantitative estimate of drug-likeness (QED) is 0.342. The molecule has 0 aliphatic heterocycles. The molecular formula is C14H14N4O2. The van der Waals surface area contributed by atoms with Gasteiger partial charge in [-0.15, -0.1) is 0 Å². The Kier molecular flexibility index (Phi) is 3.95. The maximum Gasteiger partial charge on any atom is 0.274 e. The van der Waals surface area contributed by atoms with Gasteiger partial charge < -0.3 is 16.3 Å². The minimum atomic E-state index is -0.314. The van der Waals surface area contributed by atoms with Crippen molar-refractivity contribution in [3.8, 4) is 0 Å². The monoisotopic (exact) mass is 270 g/mol. The van der Waals surface area contributed by atoms with Crippen LogP contribution in [0.5, 0.6) is 0 Å². The molecule has 0 aliphatic rings. The van der Waals surface area contributed by atoms with Gasteiger partial charge in [0.25, 0.3) is 5.91 Å². The summed E-state index contributed by atoms with van der Waals surface area (Å²) in [5.74, 6) is -0.330. The van der Waals surface area contributed by atoms with Crippen LogP contribution in [0, 0.1) is 6.92 Å². The zero-order chi connectivity index (χ0) is 14.5. The van der Waals surface area contributed by atoms with E-state index in [2.05, 4.69) is 15.5 Å². The van der Waals surface area contributed by atoms with Crippen molar-refractivity contribution in [3.63, 3.8) is 0 Å². The molecule has 2 rings (SSSR count). The van der Waals surface area contributed by atoms with E-state index < -0.39 is 0 Å². The molecule has 0 spiro atoms. The van der Waals surface area contributed by atoms with Crippen molar-refractivity contribution in [2.75, 3.05) is 5.32 Å². The van der Waals surface area contributed by atoms with Crippen molar-refractivity contribution < 1.29 is 10.0 Å². The normalized spacial score (nSPS) is 11.2. The van der Waals surface area contributed by atoms with E-state index in [1.165, 1.54) is 0 Å². The van der Waals surface area contributed by atoms with Gasteiger partial charge in [0.2, 0.25) is 0 Å². The van der Waals surface area contributed by atoms with Crippen LogP contribution in [0.4, 0.5) is 5.69 Å². The van der Waals surface area contributed by atoms with Gasteiger partial charge in [-0.1, -0.05) is 23.4 Å². The fourth-order valence-corrected chi connectivity index (χ4v) is 1.66. The lowest BCUT2D eigenvalue weighted by molar-refractivity contribution is 0.102. The maximum atomic E-state index is 12.0. The van der Waals surface area contributed by atoms with Crippen LogP contribution in [-0.2, 0) is 0 Å². The molecular weight excluding hydrogens is 256 g/mol. The summed E-state index contributed by atoms with van der Waals surface area (Å²) in [5.41, 5.74) is 7.83. The number of aryl methyl sites for hydroxylation is 1. The summed E-state index contributed by atoms with van der Waals surface area (Å²) in [6.07, 6.45) is 1.55. The Labute approximate surface area is 115 Å². The number of amides is 1. The maximum absolute atomic E-state index is 12.0. The largest absolute Gasteiger partial charge is 0.409 e. The van der Waals surface area contributed by atoms with Gasteiger partial charge in [-0.25, -0.2) is 0 Å². The second kappa shape index (κ2) is 5.83. The van der Waals surface area contributed by atoms with Crippen molar-refractivity contribution in [1.29, 1.82) is 0 Å². The third-order valence-corrected chi connectivity index (χ3v) is 2.79. The number of carbonyl (C=O) groups is 1. The Hall–Kier alpha value is -2.89. The number of benzene rings is 1. The zero-order valence-electron chi connectivity index (χ0n) is 10.9. The fourth-order valence-electron chi connectivity index (χ4n) is 1.66. The number of aromatic nitrogens is 1. The summed E-state index contributed by atoms with van der Waals surface area (Å²) in [6.45, 7) is 1.85. The van der Waals surface area contributed by atoms with Crippen LogP contribution < -0.4 is 11.1 Å². The minimum Gasteiger partial charge on any atom is -0.409 e. The van der Waals surface area contributed by atoms with Crippen LogP contribution in [-0.4, -0.2) is 21.9 Å². The molecule has 0 radical (unpaired) electrons. The number of amidine groups is 1. The molecule has 0 fully saturated rings. The molecule has 0 unspecified atom stereocenters. The molecule has 0 aliphatic carbocycles. The molecule has 0 saturated carbocycles. The van der Waals surface area contributed by atoms with Gasteiger partial charge in [0.15, 0.2) is 5.84 Å². The van der Waals surface area contributed by atoms with Gasteiger partial charge in [-0.3, -0.25) is 9.78 Å². The van der Waals surface area contributed by atoms with E-state index in [9.17, 15) is 4.79 Å². The lowest BCUT2D eigenvalue weighted by Crippen LogP contribution is -2.16. The summed E-state index contributed by atoms with van der Waals surface area (Å²) in [4.78, 5) is 16.0. The van der Waals surface area contributed by atoms with E-state index >= 15 is 0 Å². The van der Waals surface area contributed by atoms with E-state index in [-0.39, 0.29) is 11.7 Å². The molecule has 0 atom stereocenters. The molecule has 4 N–H and O–H groups in total. The number of pyridine rings is 1. The fraction of sp³-hybridized carbons (Fsp3) is 0.0714. The highest BCUT2D eigenvalue weighted by Gasteiger charge is 2.10. The predicted octanol–water partition coefficient (Wildman–Crippen LogP) is 1.74. The first-order valence-electron chi connectivity index (χ1n) is 5.92. The van der Waals surface area contributed by atoms with E-state index in [4.69, 9.17) is 10.9 Å². The van der Waals surface area contributed by atoms with E-state index in [1.54, 1.807) is 42.6 Å². The molecule has 1 amide bonds. The van der Waals surface area contributed by atoms with Crippen molar-refractivity contribution in [2.24, 2.45) is 10.9 Å². The van der Waals surface area contributed by atoms with Crippen molar-refractivity contribution in [2.45, 2.75) is 6.92 Å². The van der Waals surface area contributed by atoms with Crippen LogP contribution in [0.15, 0.2) is 47.8 Å². The van der Waals surface area contributed by atoms with Gasteiger partial charge in [0, 0.05) is 17.4 Å². The van der Waals surface area contributed by atoms with E-state index in [0.29, 0.717) is 16.9 Å². The number of oxime groups is 1. The number of carbonyl (C=O) groups excluding carboxylic acids is 1. The standard InChI is InChI=1S/C14H14N4O2/c1-9-5-6-10(13(15)18-20)8-12(9)17-14(19)11-4-2-3-7-16-11/h2-8,20H,1H3,(H2,15,18)(H,17,19). The molecule has 0 bridgehead atoms. The topological polar surface area (TPSA) is 101 Å². The summed E-state index contributed by atoms with van der Waals surface area (Å²) >= 11 is 0. The van der Waals surface area contributed by atoms with Crippen molar-refractivity contribution in [1.82, 2.24) is 4.98 Å². The third-order valence-electron chi connectivity index (χ3n) is 2.79. The summed E-state index contributed by atoms with van der Waals surface area (Å²) in [7, 11) is 0. The van der Waals surface area contributed by atoms with Gasteiger partial charge in [-0.05, 0) is 30.7 Å². The number of nitrogens with zero attached hydrogens (tertiary/aromatic N) is 2. The van der Waals surface area contributed by atoms with Crippen LogP contribution in [0.2, 0.25) is 0 Å². The van der Waals surface area contributed by atoms with Crippen LogP contribution in [0.1, 0.15) is 21.6 Å². The van der Waals surface area contributed by atoms with Gasteiger partial charge >= 0.3 is 0 Å². The highest BCUT2D eigenvalue weighted by Crippen LogP contribution is 2.17. The molecule has 6 nitrogen and oxygen atoms in total. The van der Waals surface area contributed by atoms with Crippen LogP contribution >= 0.6 is 0 Å². The predicted molar refractivity (Wildman–Crippen MR) is 75.9 cm³/mol. The number of anilines is 1. The summed E-state index contributed by atoms with van der Waals surface area (Å²) in [6, 6.07) is 10.2. The highest BCUT2D eigenvalue weighted by molar-refractivity contribution is 6.04. The average Bonchev–Trinajstić information content (AvgIpc) is 2.49. The molecule has 6 heteroatoms. The second-order valence-corrected chi connectivity index (χ2v) is 4.18. The van der Waals surface area contributed by atoms with Gasteiger partial charge in [-0.2, -0.15) is 0 Å². The average molecular weight is 270 g/mol. The number of hydrogen-bond acceptors (Lipinski definition) is 4.